The lowest BCUT2D eigenvalue weighted by molar-refractivity contribution is 0.0938. The second kappa shape index (κ2) is 8.97. The SMILES string of the molecule is COCc1ccc(C(=O)NC[C@@H](c2ccc(C)cc2)N2CCCC2)cc1. The van der Waals surface area contributed by atoms with Crippen LogP contribution in [0.15, 0.2) is 48.5 Å². The van der Waals surface area contributed by atoms with E-state index in [1.165, 1.54) is 24.0 Å². The molecule has 0 bridgehead atoms. The molecule has 26 heavy (non-hydrogen) atoms. The number of benzene rings is 2. The Labute approximate surface area is 156 Å². The predicted molar refractivity (Wildman–Crippen MR) is 104 cm³/mol. The van der Waals surface area contributed by atoms with Gasteiger partial charge >= 0.3 is 0 Å². The van der Waals surface area contributed by atoms with Crippen molar-refractivity contribution < 1.29 is 9.53 Å². The minimum Gasteiger partial charge on any atom is -0.380 e. The molecule has 0 radical (unpaired) electrons. The van der Waals surface area contributed by atoms with Crippen molar-refractivity contribution in [1.29, 1.82) is 0 Å². The van der Waals surface area contributed by atoms with Gasteiger partial charge in [-0.15, -0.1) is 0 Å². The molecule has 0 aromatic heterocycles. The summed E-state index contributed by atoms with van der Waals surface area (Å²) in [5, 5.41) is 3.13. The fourth-order valence-electron chi connectivity index (χ4n) is 3.51. The predicted octanol–water partition coefficient (Wildman–Crippen LogP) is 3.71. The number of nitrogens with zero attached hydrogens (tertiary/aromatic N) is 1. The van der Waals surface area contributed by atoms with Crippen molar-refractivity contribution in [3.8, 4) is 0 Å². The molecule has 4 nitrogen and oxygen atoms in total. The Balaban J connectivity index is 1.66. The summed E-state index contributed by atoms with van der Waals surface area (Å²) in [5.41, 5.74) is 4.29. The molecule has 0 saturated carbocycles. The van der Waals surface area contributed by atoms with E-state index >= 15 is 0 Å². The molecule has 138 valence electrons. The molecule has 1 saturated heterocycles. The van der Waals surface area contributed by atoms with Crippen LogP contribution in [0.2, 0.25) is 0 Å². The van der Waals surface area contributed by atoms with Crippen LogP contribution in [0.5, 0.6) is 0 Å². The number of hydrogen-bond donors (Lipinski definition) is 1. The molecule has 1 heterocycles. The highest BCUT2D eigenvalue weighted by Gasteiger charge is 2.24. The van der Waals surface area contributed by atoms with Crippen LogP contribution in [0.4, 0.5) is 0 Å². The number of nitrogens with one attached hydrogen (secondary N) is 1. The monoisotopic (exact) mass is 352 g/mol. The number of carbonyl (C=O) groups is 1. The van der Waals surface area contributed by atoms with Crippen molar-refractivity contribution in [3.63, 3.8) is 0 Å². The van der Waals surface area contributed by atoms with Crippen molar-refractivity contribution in [1.82, 2.24) is 10.2 Å². The molecule has 0 unspecified atom stereocenters. The average Bonchev–Trinajstić information content (AvgIpc) is 3.18. The van der Waals surface area contributed by atoms with Gasteiger partial charge in [0.1, 0.15) is 0 Å². The van der Waals surface area contributed by atoms with Gasteiger partial charge < -0.3 is 10.1 Å². The molecule has 1 atom stereocenters. The largest absolute Gasteiger partial charge is 0.380 e. The fourth-order valence-corrected chi connectivity index (χ4v) is 3.51. The molecule has 4 heteroatoms. The third-order valence-corrected chi connectivity index (χ3v) is 5.03. The van der Waals surface area contributed by atoms with Crippen LogP contribution < -0.4 is 5.32 Å². The van der Waals surface area contributed by atoms with Crippen LogP contribution in [0.3, 0.4) is 0 Å². The fraction of sp³-hybridized carbons (Fsp3) is 0.409. The Morgan fingerprint density at radius 2 is 1.73 bits per heavy atom. The third kappa shape index (κ3) is 4.71. The Kier molecular flexibility index (Phi) is 6.42. The molecule has 2 aromatic carbocycles. The topological polar surface area (TPSA) is 41.6 Å². The number of aryl methyl sites for hydroxylation is 1. The van der Waals surface area contributed by atoms with Crippen LogP contribution in [-0.4, -0.2) is 37.6 Å². The second-order valence-electron chi connectivity index (χ2n) is 7.01. The Morgan fingerprint density at radius 3 is 2.35 bits per heavy atom. The number of likely N-dealkylation sites (tertiary alicyclic amines) is 1. The van der Waals surface area contributed by atoms with E-state index in [0.717, 1.165) is 18.7 Å². The van der Waals surface area contributed by atoms with E-state index in [0.29, 0.717) is 18.7 Å². The van der Waals surface area contributed by atoms with Crippen molar-refractivity contribution in [2.75, 3.05) is 26.7 Å². The molecule has 3 rings (SSSR count). The van der Waals surface area contributed by atoms with E-state index in [1.807, 2.05) is 24.3 Å². The number of hydrogen-bond acceptors (Lipinski definition) is 3. The van der Waals surface area contributed by atoms with E-state index in [-0.39, 0.29) is 11.9 Å². The summed E-state index contributed by atoms with van der Waals surface area (Å²) >= 11 is 0. The first-order chi connectivity index (χ1) is 12.7. The zero-order valence-electron chi connectivity index (χ0n) is 15.7. The first kappa shape index (κ1) is 18.6. The summed E-state index contributed by atoms with van der Waals surface area (Å²) in [6.45, 7) is 5.48. The normalized spacial score (nSPS) is 15.8. The van der Waals surface area contributed by atoms with Gasteiger partial charge in [0.15, 0.2) is 0 Å². The molecular weight excluding hydrogens is 324 g/mol. The Hall–Kier alpha value is -2.17. The van der Waals surface area contributed by atoms with E-state index in [9.17, 15) is 4.79 Å². The zero-order valence-corrected chi connectivity index (χ0v) is 15.7. The summed E-state index contributed by atoms with van der Waals surface area (Å²) in [5.74, 6) is -0.0229. The van der Waals surface area contributed by atoms with Crippen molar-refractivity contribution in [3.05, 3.63) is 70.8 Å². The summed E-state index contributed by atoms with van der Waals surface area (Å²) < 4.78 is 5.12. The van der Waals surface area contributed by atoms with Crippen molar-refractivity contribution in [2.24, 2.45) is 0 Å². The van der Waals surface area contributed by atoms with E-state index in [2.05, 4.69) is 41.4 Å². The van der Waals surface area contributed by atoms with Crippen molar-refractivity contribution >= 4 is 5.91 Å². The average molecular weight is 352 g/mol. The highest BCUT2D eigenvalue weighted by atomic mass is 16.5. The van der Waals surface area contributed by atoms with E-state index in [4.69, 9.17) is 4.74 Å². The first-order valence-corrected chi connectivity index (χ1v) is 9.34. The van der Waals surface area contributed by atoms with Crippen LogP contribution in [0, 0.1) is 6.92 Å². The Bertz CT molecular complexity index is 704. The van der Waals surface area contributed by atoms with E-state index < -0.39 is 0 Å². The van der Waals surface area contributed by atoms with Gasteiger partial charge in [-0.1, -0.05) is 42.0 Å². The number of ether oxygens (including phenoxy) is 1. The summed E-state index contributed by atoms with van der Waals surface area (Å²) in [6.07, 6.45) is 2.47. The maximum atomic E-state index is 12.6. The standard InChI is InChI=1S/C22H28N2O2/c1-17-5-9-19(10-6-17)21(24-13-3-4-14-24)15-23-22(25)20-11-7-18(8-12-20)16-26-2/h5-12,21H,3-4,13-16H2,1-2H3,(H,23,25)/t21-/m0/s1. The minimum atomic E-state index is -0.0229. The lowest BCUT2D eigenvalue weighted by Crippen LogP contribution is -2.36. The van der Waals surface area contributed by atoms with Crippen LogP contribution in [-0.2, 0) is 11.3 Å². The third-order valence-electron chi connectivity index (χ3n) is 5.03. The van der Waals surface area contributed by atoms with Gasteiger partial charge in [0.25, 0.3) is 5.91 Å². The second-order valence-corrected chi connectivity index (χ2v) is 7.01. The van der Waals surface area contributed by atoms with Crippen LogP contribution >= 0.6 is 0 Å². The van der Waals surface area contributed by atoms with Crippen molar-refractivity contribution in [2.45, 2.75) is 32.4 Å². The van der Waals surface area contributed by atoms with Crippen LogP contribution in [0.1, 0.15) is 45.9 Å². The van der Waals surface area contributed by atoms with Crippen LogP contribution in [0.25, 0.3) is 0 Å². The molecule has 0 spiro atoms. The lowest BCUT2D eigenvalue weighted by Gasteiger charge is -2.28. The van der Waals surface area contributed by atoms with Gasteiger partial charge in [-0.25, -0.2) is 0 Å². The van der Waals surface area contributed by atoms with Gasteiger partial charge in [-0.05, 0) is 56.1 Å². The lowest BCUT2D eigenvalue weighted by atomic mass is 10.0. The van der Waals surface area contributed by atoms with Gasteiger partial charge in [0.2, 0.25) is 0 Å². The molecule has 1 amide bonds. The minimum absolute atomic E-state index is 0.0229. The molecule has 2 aromatic rings. The highest BCUT2D eigenvalue weighted by Crippen LogP contribution is 2.25. The molecular formula is C22H28N2O2. The van der Waals surface area contributed by atoms with Gasteiger partial charge in [-0.2, -0.15) is 0 Å². The molecule has 1 N–H and O–H groups in total. The van der Waals surface area contributed by atoms with Gasteiger partial charge in [-0.3, -0.25) is 9.69 Å². The number of methoxy groups -OCH3 is 1. The summed E-state index contributed by atoms with van der Waals surface area (Å²) in [4.78, 5) is 15.0. The molecule has 0 aliphatic carbocycles. The molecule has 1 aliphatic rings. The smallest absolute Gasteiger partial charge is 0.251 e. The summed E-state index contributed by atoms with van der Waals surface area (Å²) in [6, 6.07) is 16.5. The maximum Gasteiger partial charge on any atom is 0.251 e. The van der Waals surface area contributed by atoms with E-state index in [1.54, 1.807) is 7.11 Å². The summed E-state index contributed by atoms with van der Waals surface area (Å²) in [7, 11) is 1.67. The van der Waals surface area contributed by atoms with Gasteiger partial charge in [0.05, 0.1) is 12.6 Å². The Morgan fingerprint density at radius 1 is 1.08 bits per heavy atom. The zero-order chi connectivity index (χ0) is 18.4. The number of rotatable bonds is 7. The number of amides is 1. The molecule has 1 fully saturated rings. The molecule has 1 aliphatic heterocycles. The highest BCUT2D eigenvalue weighted by molar-refractivity contribution is 5.94. The quantitative estimate of drug-likeness (QED) is 0.826. The van der Waals surface area contributed by atoms with Gasteiger partial charge in [0, 0.05) is 19.2 Å². The first-order valence-electron chi connectivity index (χ1n) is 9.34. The maximum absolute atomic E-state index is 12.6. The number of carbonyl (C=O) groups excluding carboxylic acids is 1.